The van der Waals surface area contributed by atoms with Gasteiger partial charge in [0.1, 0.15) is 0 Å². The molecule has 0 aliphatic rings. The quantitative estimate of drug-likeness (QED) is 0.440. The molecule has 0 saturated carbocycles. The van der Waals surface area contributed by atoms with Crippen LogP contribution in [0, 0.1) is 3.57 Å². The van der Waals surface area contributed by atoms with Gasteiger partial charge < -0.3 is 11.1 Å². The minimum Gasteiger partial charge on any atom is -0.370 e. The summed E-state index contributed by atoms with van der Waals surface area (Å²) in [5.41, 5.74) is 7.92. The van der Waals surface area contributed by atoms with Crippen molar-refractivity contribution in [2.45, 2.75) is 6.54 Å². The number of anilines is 1. The summed E-state index contributed by atoms with van der Waals surface area (Å²) in [5, 5.41) is 3.07. The molecule has 0 spiro atoms. The fourth-order valence-electron chi connectivity index (χ4n) is 1.52. The summed E-state index contributed by atoms with van der Waals surface area (Å²) in [6.07, 6.45) is 0. The molecule has 2 rings (SSSR count). The Morgan fingerprint density at radius 3 is 2.63 bits per heavy atom. The van der Waals surface area contributed by atoms with Gasteiger partial charge in [-0.15, -0.1) is 0 Å². The van der Waals surface area contributed by atoms with Crippen molar-refractivity contribution in [3.63, 3.8) is 0 Å². The SMILES string of the molecule is NC(=NCc1ccccc1)Nc1ccc(I)c(Br)c1. The van der Waals surface area contributed by atoms with Crippen molar-refractivity contribution in [2.24, 2.45) is 10.7 Å². The number of hydrogen-bond acceptors (Lipinski definition) is 1. The fourth-order valence-corrected chi connectivity index (χ4v) is 2.24. The van der Waals surface area contributed by atoms with E-state index in [0.29, 0.717) is 12.5 Å². The summed E-state index contributed by atoms with van der Waals surface area (Å²) in [6.45, 7) is 0.575. The van der Waals surface area contributed by atoms with E-state index in [9.17, 15) is 0 Å². The molecule has 3 N–H and O–H groups in total. The number of hydrogen-bond donors (Lipinski definition) is 2. The molecule has 2 aromatic carbocycles. The molecule has 0 atom stereocenters. The van der Waals surface area contributed by atoms with Gasteiger partial charge in [-0.05, 0) is 62.3 Å². The van der Waals surface area contributed by atoms with Crippen LogP contribution < -0.4 is 11.1 Å². The average Bonchev–Trinajstić information content (AvgIpc) is 2.42. The van der Waals surface area contributed by atoms with Crippen LogP contribution in [0.3, 0.4) is 0 Å². The number of nitrogens with zero attached hydrogens (tertiary/aromatic N) is 1. The van der Waals surface area contributed by atoms with E-state index in [4.69, 9.17) is 5.73 Å². The first-order chi connectivity index (χ1) is 9.15. The molecule has 0 saturated heterocycles. The minimum atomic E-state index is 0.414. The number of guanidine groups is 1. The van der Waals surface area contributed by atoms with Gasteiger partial charge >= 0.3 is 0 Å². The normalized spacial score (nSPS) is 11.4. The lowest BCUT2D eigenvalue weighted by molar-refractivity contribution is 1.06. The first kappa shape index (κ1) is 14.3. The molecule has 19 heavy (non-hydrogen) atoms. The Balaban J connectivity index is 2.00. The van der Waals surface area contributed by atoms with Gasteiger partial charge in [-0.25, -0.2) is 4.99 Å². The Labute approximate surface area is 134 Å². The molecule has 0 amide bonds. The maximum absolute atomic E-state index is 5.86. The number of benzene rings is 2. The zero-order chi connectivity index (χ0) is 13.7. The van der Waals surface area contributed by atoms with Crippen molar-refractivity contribution in [2.75, 3.05) is 5.32 Å². The van der Waals surface area contributed by atoms with Crippen LogP contribution in [0.2, 0.25) is 0 Å². The van der Waals surface area contributed by atoms with E-state index in [2.05, 4.69) is 48.8 Å². The summed E-state index contributed by atoms with van der Waals surface area (Å²) in [7, 11) is 0. The summed E-state index contributed by atoms with van der Waals surface area (Å²) in [6, 6.07) is 16.0. The molecule has 0 unspecified atom stereocenters. The molecule has 5 heteroatoms. The molecule has 0 radical (unpaired) electrons. The second-order valence-electron chi connectivity index (χ2n) is 3.94. The lowest BCUT2D eigenvalue weighted by Crippen LogP contribution is -2.22. The third kappa shape index (κ3) is 4.50. The molecule has 0 aromatic heterocycles. The third-order valence-electron chi connectivity index (χ3n) is 2.47. The Hall–Kier alpha value is -1.08. The van der Waals surface area contributed by atoms with Gasteiger partial charge in [0.25, 0.3) is 0 Å². The standard InChI is InChI=1S/C14H13BrIN3/c15-12-8-11(6-7-13(12)16)19-14(17)18-9-10-4-2-1-3-5-10/h1-8H,9H2,(H3,17,18,19). The highest BCUT2D eigenvalue weighted by molar-refractivity contribution is 14.1. The van der Waals surface area contributed by atoms with Crippen molar-refractivity contribution in [1.82, 2.24) is 0 Å². The van der Waals surface area contributed by atoms with Crippen LogP contribution in [-0.4, -0.2) is 5.96 Å². The average molecular weight is 430 g/mol. The first-order valence-corrected chi connectivity index (χ1v) is 7.58. The molecule has 2 aromatic rings. The smallest absolute Gasteiger partial charge is 0.193 e. The summed E-state index contributed by atoms with van der Waals surface area (Å²) < 4.78 is 2.19. The van der Waals surface area contributed by atoms with E-state index in [1.54, 1.807) is 0 Å². The van der Waals surface area contributed by atoms with Crippen molar-refractivity contribution in [3.05, 3.63) is 62.1 Å². The number of nitrogens with one attached hydrogen (secondary N) is 1. The number of aliphatic imine (C=N–C) groups is 1. The second-order valence-corrected chi connectivity index (χ2v) is 5.96. The monoisotopic (exact) mass is 429 g/mol. The highest BCUT2D eigenvalue weighted by Gasteiger charge is 1.99. The number of nitrogens with two attached hydrogens (primary N) is 1. The lowest BCUT2D eigenvalue weighted by atomic mass is 10.2. The summed E-state index contributed by atoms with van der Waals surface area (Å²) in [5.74, 6) is 0.414. The van der Waals surface area contributed by atoms with E-state index >= 15 is 0 Å². The third-order valence-corrected chi connectivity index (χ3v) is 4.80. The summed E-state index contributed by atoms with van der Waals surface area (Å²) in [4.78, 5) is 4.31. The van der Waals surface area contributed by atoms with Crippen LogP contribution >= 0.6 is 38.5 Å². The zero-order valence-corrected chi connectivity index (χ0v) is 13.8. The van der Waals surface area contributed by atoms with Gasteiger partial charge in [-0.1, -0.05) is 30.3 Å². The van der Waals surface area contributed by atoms with Gasteiger partial charge in [0.05, 0.1) is 6.54 Å². The highest BCUT2D eigenvalue weighted by atomic mass is 127. The van der Waals surface area contributed by atoms with E-state index < -0.39 is 0 Å². The molecule has 0 aliphatic carbocycles. The maximum Gasteiger partial charge on any atom is 0.193 e. The summed E-state index contributed by atoms with van der Waals surface area (Å²) >= 11 is 5.75. The number of rotatable bonds is 3. The van der Waals surface area contributed by atoms with Crippen LogP contribution in [0.15, 0.2) is 58.0 Å². The van der Waals surface area contributed by atoms with Crippen LogP contribution in [0.25, 0.3) is 0 Å². The molecule has 98 valence electrons. The predicted molar refractivity (Wildman–Crippen MR) is 92.3 cm³/mol. The van der Waals surface area contributed by atoms with Crippen molar-refractivity contribution < 1.29 is 0 Å². The van der Waals surface area contributed by atoms with Crippen LogP contribution in [0.5, 0.6) is 0 Å². The molecule has 0 heterocycles. The predicted octanol–water partition coefficient (Wildman–Crippen LogP) is 3.98. The van der Waals surface area contributed by atoms with Gasteiger partial charge in [-0.3, -0.25) is 0 Å². The Bertz CT molecular complexity index is 584. The highest BCUT2D eigenvalue weighted by Crippen LogP contribution is 2.22. The van der Waals surface area contributed by atoms with Crippen molar-refractivity contribution in [3.8, 4) is 0 Å². The maximum atomic E-state index is 5.86. The van der Waals surface area contributed by atoms with E-state index in [1.165, 1.54) is 0 Å². The van der Waals surface area contributed by atoms with Crippen LogP contribution in [-0.2, 0) is 6.54 Å². The molecule has 0 aliphatic heterocycles. The Kier molecular flexibility index (Phi) is 5.21. The first-order valence-electron chi connectivity index (χ1n) is 5.71. The van der Waals surface area contributed by atoms with E-state index in [0.717, 1.165) is 19.3 Å². The molecular formula is C14H13BrIN3. The van der Waals surface area contributed by atoms with Crippen molar-refractivity contribution >= 4 is 50.2 Å². The fraction of sp³-hybridized carbons (Fsp3) is 0.0714. The molecular weight excluding hydrogens is 417 g/mol. The minimum absolute atomic E-state index is 0.414. The van der Waals surface area contributed by atoms with Crippen molar-refractivity contribution in [1.29, 1.82) is 0 Å². The van der Waals surface area contributed by atoms with Gasteiger partial charge in [-0.2, -0.15) is 0 Å². The number of halogens is 2. The largest absolute Gasteiger partial charge is 0.370 e. The molecule has 3 nitrogen and oxygen atoms in total. The van der Waals surface area contributed by atoms with Gasteiger partial charge in [0, 0.05) is 13.7 Å². The lowest BCUT2D eigenvalue weighted by Gasteiger charge is -2.07. The van der Waals surface area contributed by atoms with Gasteiger partial charge in [0.15, 0.2) is 5.96 Å². The van der Waals surface area contributed by atoms with Gasteiger partial charge in [0.2, 0.25) is 0 Å². The van der Waals surface area contributed by atoms with Crippen LogP contribution in [0.4, 0.5) is 5.69 Å². The van der Waals surface area contributed by atoms with E-state index in [-0.39, 0.29) is 0 Å². The topological polar surface area (TPSA) is 50.4 Å². The second kappa shape index (κ2) is 6.91. The molecule has 0 fully saturated rings. The zero-order valence-electron chi connectivity index (χ0n) is 10.1. The Morgan fingerprint density at radius 1 is 1.21 bits per heavy atom. The molecule has 0 bridgehead atoms. The van der Waals surface area contributed by atoms with Crippen LogP contribution in [0.1, 0.15) is 5.56 Å². The Morgan fingerprint density at radius 2 is 1.95 bits per heavy atom. The van der Waals surface area contributed by atoms with E-state index in [1.807, 2.05) is 48.5 Å².